The molecule has 1 unspecified atom stereocenters. The van der Waals surface area contributed by atoms with Crippen LogP contribution in [0.15, 0.2) is 18.2 Å². The van der Waals surface area contributed by atoms with Crippen LogP contribution in [0.5, 0.6) is 5.75 Å². The van der Waals surface area contributed by atoms with Crippen LogP contribution < -0.4 is 15.8 Å². The van der Waals surface area contributed by atoms with Crippen molar-refractivity contribution >= 4 is 11.6 Å². The Labute approximate surface area is 94.2 Å². The van der Waals surface area contributed by atoms with E-state index in [0.29, 0.717) is 17.0 Å². The third-order valence-corrected chi connectivity index (χ3v) is 2.15. The van der Waals surface area contributed by atoms with E-state index in [0.717, 1.165) is 0 Å². The fourth-order valence-corrected chi connectivity index (χ4v) is 1.31. The number of ether oxygens (including phenoxy) is 1. The Morgan fingerprint density at radius 3 is 2.88 bits per heavy atom. The van der Waals surface area contributed by atoms with E-state index in [1.807, 2.05) is 0 Å². The highest BCUT2D eigenvalue weighted by molar-refractivity contribution is 5.98. The zero-order valence-corrected chi connectivity index (χ0v) is 9.36. The molecule has 16 heavy (non-hydrogen) atoms. The van der Waals surface area contributed by atoms with E-state index >= 15 is 0 Å². The molecular weight excluding hydrogens is 208 g/mol. The van der Waals surface area contributed by atoms with Gasteiger partial charge in [0.25, 0.3) is 5.91 Å². The van der Waals surface area contributed by atoms with Gasteiger partial charge in [-0.25, -0.2) is 0 Å². The van der Waals surface area contributed by atoms with Crippen LogP contribution in [0.25, 0.3) is 0 Å². The average Bonchev–Trinajstić information content (AvgIpc) is 2.28. The number of methoxy groups -OCH3 is 1. The first-order valence-electron chi connectivity index (χ1n) is 4.94. The van der Waals surface area contributed by atoms with E-state index in [-0.39, 0.29) is 18.6 Å². The summed E-state index contributed by atoms with van der Waals surface area (Å²) in [6, 6.07) is 4.65. The number of nitrogens with one attached hydrogen (secondary N) is 1. The van der Waals surface area contributed by atoms with Crippen LogP contribution in [-0.2, 0) is 0 Å². The highest BCUT2D eigenvalue weighted by Gasteiger charge is 2.15. The van der Waals surface area contributed by atoms with Crippen LogP contribution in [0.1, 0.15) is 17.3 Å². The number of para-hydroxylation sites is 1. The number of hydrogen-bond acceptors (Lipinski definition) is 4. The van der Waals surface area contributed by atoms with Crippen molar-refractivity contribution in [3.63, 3.8) is 0 Å². The summed E-state index contributed by atoms with van der Waals surface area (Å²) in [6.07, 6.45) is 0. The lowest BCUT2D eigenvalue weighted by atomic mass is 10.1. The fraction of sp³-hybridized carbons (Fsp3) is 0.364. The molecule has 1 aromatic carbocycles. The van der Waals surface area contributed by atoms with Gasteiger partial charge >= 0.3 is 0 Å². The Hall–Kier alpha value is -1.75. The Bertz CT molecular complexity index is 379. The lowest BCUT2D eigenvalue weighted by Gasteiger charge is -2.14. The van der Waals surface area contributed by atoms with Gasteiger partial charge < -0.3 is 20.9 Å². The van der Waals surface area contributed by atoms with Crippen molar-refractivity contribution in [1.29, 1.82) is 0 Å². The Morgan fingerprint density at radius 2 is 2.31 bits per heavy atom. The molecule has 0 saturated carbocycles. The van der Waals surface area contributed by atoms with Crippen LogP contribution in [0, 0.1) is 0 Å². The van der Waals surface area contributed by atoms with Gasteiger partial charge in [0.2, 0.25) is 0 Å². The van der Waals surface area contributed by atoms with Gasteiger partial charge in [-0.1, -0.05) is 6.07 Å². The number of amides is 1. The maximum Gasteiger partial charge on any atom is 0.255 e. The molecule has 0 bridgehead atoms. The van der Waals surface area contributed by atoms with Gasteiger partial charge in [-0.05, 0) is 19.1 Å². The van der Waals surface area contributed by atoms with Crippen LogP contribution in [0.4, 0.5) is 5.69 Å². The maximum atomic E-state index is 11.8. The number of nitrogens with two attached hydrogens (primary N) is 1. The van der Waals surface area contributed by atoms with Crippen LogP contribution in [0.3, 0.4) is 0 Å². The van der Waals surface area contributed by atoms with Crippen molar-refractivity contribution in [2.45, 2.75) is 13.0 Å². The molecule has 1 atom stereocenters. The number of rotatable bonds is 4. The first kappa shape index (κ1) is 12.3. The standard InChI is InChI=1S/C11H16N2O3/c1-7(6-14)13-11(15)8-4-3-5-9(12)10(8)16-2/h3-5,7,14H,6,12H2,1-2H3,(H,13,15). The molecule has 0 fully saturated rings. The topological polar surface area (TPSA) is 84.6 Å². The molecule has 0 radical (unpaired) electrons. The zero-order chi connectivity index (χ0) is 12.1. The molecule has 0 aromatic heterocycles. The second-order valence-electron chi connectivity index (χ2n) is 3.49. The van der Waals surface area contributed by atoms with Gasteiger partial charge in [0.05, 0.1) is 25.0 Å². The number of carbonyl (C=O) groups excluding carboxylic acids is 1. The fourth-order valence-electron chi connectivity index (χ4n) is 1.31. The summed E-state index contributed by atoms with van der Waals surface area (Å²) >= 11 is 0. The van der Waals surface area contributed by atoms with Crippen molar-refractivity contribution in [3.8, 4) is 5.75 Å². The van der Waals surface area contributed by atoms with Gasteiger partial charge in [0.1, 0.15) is 0 Å². The zero-order valence-electron chi connectivity index (χ0n) is 9.36. The van der Waals surface area contributed by atoms with E-state index in [4.69, 9.17) is 15.6 Å². The molecule has 0 heterocycles. The molecule has 1 aromatic rings. The summed E-state index contributed by atoms with van der Waals surface area (Å²) < 4.78 is 5.06. The highest BCUT2D eigenvalue weighted by atomic mass is 16.5. The van der Waals surface area contributed by atoms with E-state index < -0.39 is 0 Å². The average molecular weight is 224 g/mol. The lowest BCUT2D eigenvalue weighted by molar-refractivity contribution is 0.0919. The number of anilines is 1. The third-order valence-electron chi connectivity index (χ3n) is 2.15. The predicted molar refractivity (Wildman–Crippen MR) is 61.4 cm³/mol. The first-order chi connectivity index (χ1) is 7.60. The van der Waals surface area contributed by atoms with E-state index in [1.165, 1.54) is 7.11 Å². The highest BCUT2D eigenvalue weighted by Crippen LogP contribution is 2.25. The normalized spacial score (nSPS) is 11.9. The molecular formula is C11H16N2O3. The third kappa shape index (κ3) is 2.64. The van der Waals surface area contributed by atoms with Gasteiger partial charge in [-0.15, -0.1) is 0 Å². The summed E-state index contributed by atoms with van der Waals surface area (Å²) in [4.78, 5) is 11.8. The molecule has 0 aliphatic rings. The van der Waals surface area contributed by atoms with Gasteiger partial charge in [0, 0.05) is 6.04 Å². The van der Waals surface area contributed by atoms with Gasteiger partial charge in [-0.3, -0.25) is 4.79 Å². The summed E-state index contributed by atoms with van der Waals surface area (Å²) in [6.45, 7) is 1.59. The number of hydrogen-bond donors (Lipinski definition) is 3. The molecule has 0 saturated heterocycles. The minimum atomic E-state index is -0.314. The molecule has 5 nitrogen and oxygen atoms in total. The predicted octanol–water partition coefficient (Wildman–Crippen LogP) is 0.388. The number of aliphatic hydroxyl groups excluding tert-OH is 1. The smallest absolute Gasteiger partial charge is 0.255 e. The molecule has 5 heteroatoms. The Kier molecular flexibility index (Phi) is 4.13. The van der Waals surface area contributed by atoms with Crippen molar-refractivity contribution < 1.29 is 14.6 Å². The first-order valence-corrected chi connectivity index (χ1v) is 4.94. The van der Waals surface area contributed by atoms with Crippen molar-refractivity contribution in [2.24, 2.45) is 0 Å². The summed E-state index contributed by atoms with van der Waals surface area (Å²) in [5, 5.41) is 11.5. The molecule has 0 spiro atoms. The minimum absolute atomic E-state index is 0.115. The lowest BCUT2D eigenvalue weighted by Crippen LogP contribution is -2.35. The van der Waals surface area contributed by atoms with Crippen LogP contribution in [0.2, 0.25) is 0 Å². The summed E-state index contributed by atoms with van der Waals surface area (Å²) in [5.74, 6) is 0.0378. The SMILES string of the molecule is COc1c(N)cccc1C(=O)NC(C)CO. The van der Waals surface area contributed by atoms with E-state index in [1.54, 1.807) is 25.1 Å². The monoisotopic (exact) mass is 224 g/mol. The Morgan fingerprint density at radius 1 is 1.62 bits per heavy atom. The van der Waals surface area contributed by atoms with Crippen molar-refractivity contribution in [3.05, 3.63) is 23.8 Å². The maximum absolute atomic E-state index is 11.8. The van der Waals surface area contributed by atoms with E-state index in [2.05, 4.69) is 5.32 Å². The van der Waals surface area contributed by atoms with Crippen molar-refractivity contribution in [1.82, 2.24) is 5.32 Å². The summed E-state index contributed by atoms with van der Waals surface area (Å²) in [7, 11) is 1.46. The largest absolute Gasteiger partial charge is 0.494 e. The quantitative estimate of drug-likeness (QED) is 0.646. The molecule has 0 aliphatic heterocycles. The Balaban J connectivity index is 2.95. The number of benzene rings is 1. The van der Waals surface area contributed by atoms with Crippen LogP contribution in [-0.4, -0.2) is 30.8 Å². The minimum Gasteiger partial charge on any atom is -0.494 e. The molecule has 1 rings (SSSR count). The number of carbonyl (C=O) groups is 1. The molecule has 88 valence electrons. The number of aliphatic hydroxyl groups is 1. The number of nitrogen functional groups attached to an aromatic ring is 1. The van der Waals surface area contributed by atoms with Gasteiger partial charge in [0.15, 0.2) is 5.75 Å². The second kappa shape index (κ2) is 5.37. The van der Waals surface area contributed by atoms with E-state index in [9.17, 15) is 4.79 Å². The second-order valence-corrected chi connectivity index (χ2v) is 3.49. The van der Waals surface area contributed by atoms with Crippen LogP contribution >= 0.6 is 0 Å². The summed E-state index contributed by atoms with van der Waals surface area (Å²) in [5.41, 5.74) is 6.45. The molecule has 1 amide bonds. The molecule has 4 N–H and O–H groups in total. The van der Waals surface area contributed by atoms with Gasteiger partial charge in [-0.2, -0.15) is 0 Å². The molecule has 0 aliphatic carbocycles. The van der Waals surface area contributed by atoms with Crippen molar-refractivity contribution in [2.75, 3.05) is 19.5 Å².